The van der Waals surface area contributed by atoms with Gasteiger partial charge in [0.05, 0.1) is 14.2 Å². The molecule has 1 unspecified atom stereocenters. The van der Waals surface area contributed by atoms with Crippen LogP contribution in [0.5, 0.6) is 11.5 Å². The lowest BCUT2D eigenvalue weighted by molar-refractivity contribution is 0.268. The van der Waals surface area contributed by atoms with Crippen LogP contribution >= 0.6 is 11.6 Å². The fraction of sp³-hybridized carbons (Fsp3) is 0.600. The molecular weight excluding hydrogens is 262 g/mol. The number of halogens is 1. The maximum Gasteiger partial charge on any atom is 0.146 e. The number of ether oxygens (including phenoxy) is 2. The van der Waals surface area contributed by atoms with Crippen LogP contribution in [0, 0.1) is 5.41 Å². The Morgan fingerprint density at radius 1 is 1.21 bits per heavy atom. The lowest BCUT2D eigenvalue weighted by Gasteiger charge is -2.33. The van der Waals surface area contributed by atoms with E-state index >= 15 is 0 Å². The fourth-order valence-corrected chi connectivity index (χ4v) is 2.56. The van der Waals surface area contributed by atoms with Gasteiger partial charge >= 0.3 is 0 Å². The Morgan fingerprint density at radius 2 is 1.84 bits per heavy atom. The van der Waals surface area contributed by atoms with Crippen molar-refractivity contribution in [3.63, 3.8) is 0 Å². The minimum atomic E-state index is 0.0568. The summed E-state index contributed by atoms with van der Waals surface area (Å²) in [6, 6.07) is 4.06. The molecule has 1 aromatic carbocycles. The van der Waals surface area contributed by atoms with Crippen LogP contribution in [0.4, 0.5) is 0 Å². The second-order valence-corrected chi connectivity index (χ2v) is 5.94. The number of benzene rings is 1. The summed E-state index contributed by atoms with van der Waals surface area (Å²) < 4.78 is 10.7. The Balaban J connectivity index is 3.35. The molecule has 0 aliphatic carbocycles. The highest BCUT2D eigenvalue weighted by Crippen LogP contribution is 2.44. The molecule has 0 amide bonds. The molecule has 0 heterocycles. The van der Waals surface area contributed by atoms with E-state index in [9.17, 15) is 0 Å². The van der Waals surface area contributed by atoms with E-state index < -0.39 is 0 Å². The van der Waals surface area contributed by atoms with Crippen molar-refractivity contribution >= 4 is 11.6 Å². The van der Waals surface area contributed by atoms with Gasteiger partial charge in [0, 0.05) is 11.6 Å². The summed E-state index contributed by atoms with van der Waals surface area (Å²) in [5.74, 6) is 1.31. The number of methoxy groups -OCH3 is 2. The number of nitrogens with one attached hydrogen (secondary N) is 1. The maximum atomic E-state index is 6.33. The molecule has 1 N–H and O–H groups in total. The minimum absolute atomic E-state index is 0.0568. The second-order valence-electron chi connectivity index (χ2n) is 5.56. The van der Waals surface area contributed by atoms with E-state index in [2.05, 4.69) is 33.0 Å². The predicted octanol–water partition coefficient (Wildman–Crippen LogP) is 4.05. The molecule has 0 aliphatic heterocycles. The van der Waals surface area contributed by atoms with E-state index in [0.29, 0.717) is 16.5 Å². The summed E-state index contributed by atoms with van der Waals surface area (Å²) in [5, 5.41) is 4.02. The Kier molecular flexibility index (Phi) is 5.50. The van der Waals surface area contributed by atoms with Crippen molar-refractivity contribution in [3.8, 4) is 11.5 Å². The number of rotatable bonds is 5. The molecule has 4 heteroatoms. The summed E-state index contributed by atoms with van der Waals surface area (Å²) in [6.45, 7) is 9.55. The second kappa shape index (κ2) is 6.49. The van der Waals surface area contributed by atoms with Gasteiger partial charge in [-0.05, 0) is 24.1 Å². The lowest BCUT2D eigenvalue weighted by Crippen LogP contribution is -2.32. The van der Waals surface area contributed by atoms with Crippen LogP contribution in [-0.2, 0) is 0 Å². The topological polar surface area (TPSA) is 30.5 Å². The Hall–Kier alpha value is -0.930. The van der Waals surface area contributed by atoms with Gasteiger partial charge in [0.25, 0.3) is 0 Å². The highest BCUT2D eigenvalue weighted by atomic mass is 35.5. The molecule has 0 saturated carbocycles. The van der Waals surface area contributed by atoms with Crippen LogP contribution in [0.3, 0.4) is 0 Å². The van der Waals surface area contributed by atoms with Crippen LogP contribution in [0.15, 0.2) is 12.1 Å². The van der Waals surface area contributed by atoms with E-state index in [0.717, 1.165) is 12.1 Å². The van der Waals surface area contributed by atoms with Crippen molar-refractivity contribution in [2.24, 2.45) is 5.41 Å². The van der Waals surface area contributed by atoms with Crippen LogP contribution in [0.25, 0.3) is 0 Å². The van der Waals surface area contributed by atoms with Crippen molar-refractivity contribution in [1.29, 1.82) is 0 Å². The third-order valence-corrected chi connectivity index (χ3v) is 3.46. The predicted molar refractivity (Wildman–Crippen MR) is 80.4 cm³/mol. The molecule has 0 radical (unpaired) electrons. The summed E-state index contributed by atoms with van der Waals surface area (Å²) in [7, 11) is 3.24. The molecule has 0 aliphatic rings. The molecule has 1 atom stereocenters. The lowest BCUT2D eigenvalue weighted by atomic mass is 9.82. The Labute approximate surface area is 121 Å². The van der Waals surface area contributed by atoms with Gasteiger partial charge in [-0.2, -0.15) is 0 Å². The van der Waals surface area contributed by atoms with E-state index in [1.54, 1.807) is 14.2 Å². The molecule has 3 nitrogen and oxygen atoms in total. The zero-order chi connectivity index (χ0) is 14.6. The van der Waals surface area contributed by atoms with Crippen LogP contribution < -0.4 is 14.8 Å². The monoisotopic (exact) mass is 285 g/mol. The van der Waals surface area contributed by atoms with E-state index in [1.165, 1.54) is 0 Å². The Morgan fingerprint density at radius 3 is 2.26 bits per heavy atom. The van der Waals surface area contributed by atoms with Gasteiger partial charge in [0.15, 0.2) is 0 Å². The normalized spacial score (nSPS) is 13.2. The maximum absolute atomic E-state index is 6.33. The minimum Gasteiger partial charge on any atom is -0.495 e. The van der Waals surface area contributed by atoms with Crippen molar-refractivity contribution < 1.29 is 9.47 Å². The standard InChI is InChI=1S/C15H24ClNO2/c1-7-17-14(15(2,3)4)10-8-9-11(18-5)12(16)13(10)19-6/h8-9,14,17H,7H2,1-6H3. The molecule has 1 aromatic rings. The highest BCUT2D eigenvalue weighted by molar-refractivity contribution is 6.33. The molecule has 0 spiro atoms. The van der Waals surface area contributed by atoms with E-state index in [-0.39, 0.29) is 11.5 Å². The zero-order valence-electron chi connectivity index (χ0n) is 12.6. The highest BCUT2D eigenvalue weighted by Gasteiger charge is 2.29. The van der Waals surface area contributed by atoms with Crippen LogP contribution in [-0.4, -0.2) is 20.8 Å². The molecule has 0 bridgehead atoms. The van der Waals surface area contributed by atoms with Crippen molar-refractivity contribution in [1.82, 2.24) is 5.32 Å². The van der Waals surface area contributed by atoms with Gasteiger partial charge < -0.3 is 14.8 Å². The number of hydrogen-bond donors (Lipinski definition) is 1. The molecule has 1 rings (SSSR count). The molecule has 108 valence electrons. The first-order valence-electron chi connectivity index (χ1n) is 6.50. The SMILES string of the molecule is CCNC(c1ccc(OC)c(Cl)c1OC)C(C)(C)C. The summed E-state index contributed by atoms with van der Waals surface area (Å²) >= 11 is 6.33. The summed E-state index contributed by atoms with van der Waals surface area (Å²) in [5.41, 5.74) is 1.11. The molecule has 19 heavy (non-hydrogen) atoms. The van der Waals surface area contributed by atoms with Crippen molar-refractivity contribution in [3.05, 3.63) is 22.7 Å². The summed E-state index contributed by atoms with van der Waals surface area (Å²) in [6.07, 6.45) is 0. The fourth-order valence-electron chi connectivity index (χ4n) is 2.23. The van der Waals surface area contributed by atoms with Crippen molar-refractivity contribution in [2.45, 2.75) is 33.7 Å². The van der Waals surface area contributed by atoms with Crippen LogP contribution in [0.2, 0.25) is 5.02 Å². The third-order valence-electron chi connectivity index (χ3n) is 3.10. The third kappa shape index (κ3) is 3.54. The quantitative estimate of drug-likeness (QED) is 0.885. The first-order valence-corrected chi connectivity index (χ1v) is 6.88. The Bertz CT molecular complexity index is 427. The van der Waals surface area contributed by atoms with Gasteiger partial charge in [-0.1, -0.05) is 39.3 Å². The summed E-state index contributed by atoms with van der Waals surface area (Å²) in [4.78, 5) is 0. The van der Waals surface area contributed by atoms with E-state index in [4.69, 9.17) is 21.1 Å². The molecular formula is C15H24ClNO2. The van der Waals surface area contributed by atoms with Crippen LogP contribution in [0.1, 0.15) is 39.3 Å². The zero-order valence-corrected chi connectivity index (χ0v) is 13.4. The number of hydrogen-bond acceptors (Lipinski definition) is 3. The molecule has 0 aromatic heterocycles. The average Bonchev–Trinajstić information content (AvgIpc) is 2.34. The van der Waals surface area contributed by atoms with Gasteiger partial charge in [0.2, 0.25) is 0 Å². The first-order chi connectivity index (χ1) is 8.86. The van der Waals surface area contributed by atoms with Crippen molar-refractivity contribution in [2.75, 3.05) is 20.8 Å². The smallest absolute Gasteiger partial charge is 0.146 e. The van der Waals surface area contributed by atoms with E-state index in [1.807, 2.05) is 12.1 Å². The average molecular weight is 286 g/mol. The van der Waals surface area contributed by atoms with Gasteiger partial charge in [-0.25, -0.2) is 0 Å². The van der Waals surface area contributed by atoms with Gasteiger partial charge in [0.1, 0.15) is 16.5 Å². The molecule has 0 fully saturated rings. The largest absolute Gasteiger partial charge is 0.495 e. The first kappa shape index (κ1) is 16.1. The van der Waals surface area contributed by atoms with Gasteiger partial charge in [-0.15, -0.1) is 0 Å². The van der Waals surface area contributed by atoms with Gasteiger partial charge in [-0.3, -0.25) is 0 Å². The molecule has 0 saturated heterocycles.